The van der Waals surface area contributed by atoms with Crippen molar-refractivity contribution in [3.8, 4) is 0 Å². The molecule has 1 fully saturated rings. The van der Waals surface area contributed by atoms with Crippen LogP contribution in [0.3, 0.4) is 0 Å². The second-order valence-electron chi connectivity index (χ2n) is 4.93. The van der Waals surface area contributed by atoms with E-state index in [1.165, 1.54) is 0 Å². The molecule has 124 valence electrons. The number of anilines is 2. The van der Waals surface area contributed by atoms with Crippen LogP contribution in [-0.2, 0) is 19.6 Å². The summed E-state index contributed by atoms with van der Waals surface area (Å²) >= 11 is 0. The highest BCUT2D eigenvalue weighted by molar-refractivity contribution is 7.92. The topological polar surface area (TPSA) is 96.5 Å². The molecule has 2 rings (SSSR count). The highest BCUT2D eigenvalue weighted by Crippen LogP contribution is 2.15. The SMILES string of the molecule is CS(=O)(=O)Nc1ccc(NC(=O)CC2COCCN2)cc1.Cl. The van der Waals surface area contributed by atoms with Crippen LogP contribution < -0.4 is 15.4 Å². The average molecular weight is 350 g/mol. The van der Waals surface area contributed by atoms with Crippen molar-refractivity contribution >= 4 is 39.7 Å². The fraction of sp³-hybridized carbons (Fsp3) is 0.462. The van der Waals surface area contributed by atoms with Crippen LogP contribution in [-0.4, -0.2) is 46.4 Å². The largest absolute Gasteiger partial charge is 0.378 e. The summed E-state index contributed by atoms with van der Waals surface area (Å²) in [5, 5.41) is 5.98. The van der Waals surface area contributed by atoms with Crippen molar-refractivity contribution < 1.29 is 17.9 Å². The zero-order chi connectivity index (χ0) is 15.3. The third-order valence-corrected chi connectivity index (χ3v) is 3.51. The number of amides is 1. The Bertz CT molecular complexity index is 586. The van der Waals surface area contributed by atoms with Gasteiger partial charge in [0.1, 0.15) is 0 Å². The highest BCUT2D eigenvalue weighted by atomic mass is 35.5. The molecule has 0 aliphatic carbocycles. The van der Waals surface area contributed by atoms with Gasteiger partial charge in [-0.1, -0.05) is 0 Å². The number of halogens is 1. The fourth-order valence-electron chi connectivity index (χ4n) is 2.02. The normalized spacial score (nSPS) is 18.1. The van der Waals surface area contributed by atoms with Crippen molar-refractivity contribution in [3.63, 3.8) is 0 Å². The molecule has 1 amide bonds. The van der Waals surface area contributed by atoms with Gasteiger partial charge < -0.3 is 15.4 Å². The van der Waals surface area contributed by atoms with E-state index in [4.69, 9.17) is 4.74 Å². The minimum absolute atomic E-state index is 0. The number of rotatable bonds is 5. The Morgan fingerprint density at radius 1 is 1.32 bits per heavy atom. The standard InChI is InChI=1S/C13H19N3O4S.ClH/c1-21(18,19)16-11-4-2-10(3-5-11)15-13(17)8-12-9-20-7-6-14-12;/h2-5,12,14,16H,6-9H2,1H3,(H,15,17);1H. The van der Waals surface area contributed by atoms with Gasteiger partial charge in [0.15, 0.2) is 0 Å². The van der Waals surface area contributed by atoms with E-state index >= 15 is 0 Å². The van der Waals surface area contributed by atoms with Gasteiger partial charge in [-0.25, -0.2) is 8.42 Å². The summed E-state index contributed by atoms with van der Waals surface area (Å²) in [5.74, 6) is -0.109. The van der Waals surface area contributed by atoms with Crippen molar-refractivity contribution in [1.29, 1.82) is 0 Å². The van der Waals surface area contributed by atoms with Crippen molar-refractivity contribution in [3.05, 3.63) is 24.3 Å². The lowest BCUT2D eigenvalue weighted by atomic mass is 10.2. The third kappa shape index (κ3) is 6.61. The molecule has 0 bridgehead atoms. The Kier molecular flexibility index (Phi) is 7.08. The summed E-state index contributed by atoms with van der Waals surface area (Å²) < 4.78 is 29.8. The molecule has 0 spiro atoms. The van der Waals surface area contributed by atoms with Crippen LogP contribution in [0.5, 0.6) is 0 Å². The molecule has 0 radical (unpaired) electrons. The van der Waals surface area contributed by atoms with Crippen molar-refractivity contribution in [1.82, 2.24) is 5.32 Å². The Balaban J connectivity index is 0.00000242. The van der Waals surface area contributed by atoms with Gasteiger partial charge in [0.25, 0.3) is 0 Å². The summed E-state index contributed by atoms with van der Waals surface area (Å²) in [6, 6.07) is 6.52. The zero-order valence-corrected chi connectivity index (χ0v) is 13.8. The Labute approximate surface area is 136 Å². The van der Waals surface area contributed by atoms with Crippen LogP contribution in [0.15, 0.2) is 24.3 Å². The molecule has 7 nitrogen and oxygen atoms in total. The maximum Gasteiger partial charge on any atom is 0.229 e. The number of hydrogen-bond donors (Lipinski definition) is 3. The maximum absolute atomic E-state index is 11.9. The summed E-state index contributed by atoms with van der Waals surface area (Å²) in [7, 11) is -3.29. The van der Waals surface area contributed by atoms with Crippen LogP contribution in [0.4, 0.5) is 11.4 Å². The summed E-state index contributed by atoms with van der Waals surface area (Å²) in [6.45, 7) is 1.96. The van der Waals surface area contributed by atoms with Gasteiger partial charge in [0, 0.05) is 30.4 Å². The Hall–Kier alpha value is -1.35. The van der Waals surface area contributed by atoms with Crippen LogP contribution in [0.25, 0.3) is 0 Å². The van der Waals surface area contributed by atoms with Crippen molar-refractivity contribution in [2.24, 2.45) is 0 Å². The number of benzene rings is 1. The quantitative estimate of drug-likeness (QED) is 0.730. The van der Waals surface area contributed by atoms with E-state index in [9.17, 15) is 13.2 Å². The van der Waals surface area contributed by atoms with Gasteiger partial charge in [-0.3, -0.25) is 9.52 Å². The molecule has 9 heteroatoms. The van der Waals surface area contributed by atoms with Crippen molar-refractivity contribution in [2.45, 2.75) is 12.5 Å². The molecule has 1 aliphatic heterocycles. The van der Waals surface area contributed by atoms with Gasteiger partial charge >= 0.3 is 0 Å². The third-order valence-electron chi connectivity index (χ3n) is 2.90. The zero-order valence-electron chi connectivity index (χ0n) is 12.2. The number of hydrogen-bond acceptors (Lipinski definition) is 5. The molecule has 22 heavy (non-hydrogen) atoms. The summed E-state index contributed by atoms with van der Waals surface area (Å²) in [6.07, 6.45) is 1.42. The summed E-state index contributed by atoms with van der Waals surface area (Å²) in [4.78, 5) is 11.9. The molecule has 0 saturated carbocycles. The number of ether oxygens (including phenoxy) is 1. The van der Waals surface area contributed by atoms with Crippen LogP contribution in [0.1, 0.15) is 6.42 Å². The van der Waals surface area contributed by atoms with E-state index in [1.54, 1.807) is 24.3 Å². The lowest BCUT2D eigenvalue weighted by Gasteiger charge is -2.23. The smallest absolute Gasteiger partial charge is 0.229 e. The van der Waals surface area contributed by atoms with Crippen molar-refractivity contribution in [2.75, 3.05) is 36.1 Å². The molecule has 1 aliphatic rings. The molecule has 1 aromatic carbocycles. The molecule has 3 N–H and O–H groups in total. The number of nitrogens with one attached hydrogen (secondary N) is 3. The first-order valence-corrected chi connectivity index (χ1v) is 8.50. The van der Waals surface area contributed by atoms with Gasteiger partial charge in [-0.05, 0) is 24.3 Å². The van der Waals surface area contributed by atoms with E-state index in [-0.39, 0.29) is 24.4 Å². The van der Waals surface area contributed by atoms with E-state index < -0.39 is 10.0 Å². The molecule has 1 saturated heterocycles. The molecule has 1 atom stereocenters. The maximum atomic E-state index is 11.9. The number of sulfonamides is 1. The molecule has 1 unspecified atom stereocenters. The summed E-state index contributed by atoms with van der Waals surface area (Å²) in [5.41, 5.74) is 1.08. The minimum atomic E-state index is -3.29. The first kappa shape index (κ1) is 18.7. The lowest BCUT2D eigenvalue weighted by molar-refractivity contribution is -0.117. The molecule has 1 aromatic rings. The highest BCUT2D eigenvalue weighted by Gasteiger charge is 2.16. The second-order valence-corrected chi connectivity index (χ2v) is 6.68. The Morgan fingerprint density at radius 2 is 1.95 bits per heavy atom. The van der Waals surface area contributed by atoms with E-state index in [0.717, 1.165) is 12.8 Å². The minimum Gasteiger partial charge on any atom is -0.378 e. The van der Waals surface area contributed by atoms with Gasteiger partial charge in [0.05, 0.1) is 19.5 Å². The van der Waals surface area contributed by atoms with Crippen LogP contribution >= 0.6 is 12.4 Å². The second kappa shape index (κ2) is 8.33. The number of carbonyl (C=O) groups is 1. The number of morpholine rings is 1. The monoisotopic (exact) mass is 349 g/mol. The Morgan fingerprint density at radius 3 is 2.50 bits per heavy atom. The fourth-order valence-corrected chi connectivity index (χ4v) is 2.59. The molecular formula is C13H20ClN3O4S. The first-order valence-electron chi connectivity index (χ1n) is 6.61. The van der Waals surface area contributed by atoms with E-state index in [0.29, 0.717) is 31.0 Å². The first-order chi connectivity index (χ1) is 9.92. The van der Waals surface area contributed by atoms with Crippen LogP contribution in [0, 0.1) is 0 Å². The van der Waals surface area contributed by atoms with Gasteiger partial charge in [-0.15, -0.1) is 12.4 Å². The van der Waals surface area contributed by atoms with E-state index in [1.807, 2.05) is 0 Å². The van der Waals surface area contributed by atoms with Crippen LogP contribution in [0.2, 0.25) is 0 Å². The van der Waals surface area contributed by atoms with Gasteiger partial charge in [-0.2, -0.15) is 0 Å². The van der Waals surface area contributed by atoms with E-state index in [2.05, 4.69) is 15.4 Å². The number of carbonyl (C=O) groups excluding carboxylic acids is 1. The molecule has 1 heterocycles. The van der Waals surface area contributed by atoms with Gasteiger partial charge in [0.2, 0.25) is 15.9 Å². The predicted molar refractivity (Wildman–Crippen MR) is 88.0 cm³/mol. The average Bonchev–Trinajstić information content (AvgIpc) is 2.40. The predicted octanol–water partition coefficient (Wildman–Crippen LogP) is 0.797. The lowest BCUT2D eigenvalue weighted by Crippen LogP contribution is -2.43. The molecular weight excluding hydrogens is 330 g/mol. The molecule has 0 aromatic heterocycles.